The first-order valence-electron chi connectivity index (χ1n) is 6.36. The van der Waals surface area contributed by atoms with Crippen molar-refractivity contribution in [3.8, 4) is 0 Å². The van der Waals surface area contributed by atoms with E-state index < -0.39 is 11.9 Å². The number of fused-ring (bicyclic) bond motifs is 4. The van der Waals surface area contributed by atoms with Gasteiger partial charge in [0.2, 0.25) is 0 Å². The molecule has 0 amide bonds. The summed E-state index contributed by atoms with van der Waals surface area (Å²) < 4.78 is 17.4. The third-order valence-electron chi connectivity index (χ3n) is 4.64. The van der Waals surface area contributed by atoms with E-state index in [9.17, 15) is 5.11 Å². The molecule has 4 heteroatoms. The van der Waals surface area contributed by atoms with Gasteiger partial charge in [-0.3, -0.25) is 0 Å². The monoisotopic (exact) mass is 226 g/mol. The van der Waals surface area contributed by atoms with Gasteiger partial charge in [-0.25, -0.2) is 0 Å². The number of ether oxygens (including phenoxy) is 3. The third kappa shape index (κ3) is 1.24. The highest BCUT2D eigenvalue weighted by molar-refractivity contribution is 5.00. The Labute approximate surface area is 94.9 Å². The first-order valence-corrected chi connectivity index (χ1v) is 6.36. The van der Waals surface area contributed by atoms with Crippen molar-refractivity contribution in [3.05, 3.63) is 0 Å². The van der Waals surface area contributed by atoms with Crippen LogP contribution in [-0.4, -0.2) is 42.4 Å². The number of hydrogen-bond acceptors (Lipinski definition) is 4. The first-order chi connectivity index (χ1) is 7.75. The molecule has 1 N–H and O–H groups in total. The zero-order valence-electron chi connectivity index (χ0n) is 9.30. The molecular weight excluding hydrogens is 208 g/mol. The fraction of sp³-hybridized carbons (Fsp3) is 1.00. The Morgan fingerprint density at radius 3 is 2.62 bits per heavy atom. The highest BCUT2D eigenvalue weighted by Crippen LogP contribution is 2.48. The molecule has 16 heavy (non-hydrogen) atoms. The van der Waals surface area contributed by atoms with Crippen LogP contribution in [0.5, 0.6) is 0 Å². The van der Waals surface area contributed by atoms with Crippen LogP contribution in [0.3, 0.4) is 0 Å². The van der Waals surface area contributed by atoms with Crippen molar-refractivity contribution in [1.82, 2.24) is 0 Å². The Kier molecular flexibility index (Phi) is 1.96. The van der Waals surface area contributed by atoms with E-state index in [1.807, 2.05) is 0 Å². The molecule has 2 saturated carbocycles. The van der Waals surface area contributed by atoms with Crippen molar-refractivity contribution in [1.29, 1.82) is 0 Å². The van der Waals surface area contributed by atoms with Crippen LogP contribution in [0.2, 0.25) is 0 Å². The molecule has 6 atom stereocenters. The molecule has 4 rings (SSSR count). The molecule has 0 radical (unpaired) electrons. The maximum absolute atomic E-state index is 10.0. The van der Waals surface area contributed by atoms with E-state index in [0.29, 0.717) is 11.8 Å². The maximum atomic E-state index is 10.0. The average Bonchev–Trinajstić information content (AvgIpc) is 2.96. The second-order valence-corrected chi connectivity index (χ2v) is 5.81. The van der Waals surface area contributed by atoms with Crippen LogP contribution in [0, 0.1) is 11.8 Å². The van der Waals surface area contributed by atoms with E-state index in [0.717, 1.165) is 38.9 Å². The molecule has 2 saturated heterocycles. The standard InChI is InChI=1S/C12H18O4/c13-11-3-8-4-12(11,15-6-8)16-10-2-7-1-9(10)14-5-7/h7-11,13H,1-6H2. The Balaban J connectivity index is 1.50. The van der Waals surface area contributed by atoms with Crippen LogP contribution in [-0.2, 0) is 14.2 Å². The van der Waals surface area contributed by atoms with Crippen molar-refractivity contribution in [2.75, 3.05) is 13.2 Å². The smallest absolute Gasteiger partial charge is 0.195 e. The highest BCUT2D eigenvalue weighted by atomic mass is 16.7. The number of hydrogen-bond donors (Lipinski definition) is 1. The summed E-state index contributed by atoms with van der Waals surface area (Å²) in [5, 5.41) is 10.0. The van der Waals surface area contributed by atoms with E-state index >= 15 is 0 Å². The van der Waals surface area contributed by atoms with E-state index in [2.05, 4.69) is 0 Å². The maximum Gasteiger partial charge on any atom is 0.195 e. The summed E-state index contributed by atoms with van der Waals surface area (Å²) in [6, 6.07) is 0. The van der Waals surface area contributed by atoms with E-state index in [4.69, 9.17) is 14.2 Å². The number of aliphatic hydroxyl groups excluding tert-OH is 1. The molecule has 90 valence electrons. The first kappa shape index (κ1) is 9.83. The summed E-state index contributed by atoms with van der Waals surface area (Å²) in [5.41, 5.74) is 0. The number of aliphatic hydroxyl groups is 1. The molecule has 0 spiro atoms. The Hall–Kier alpha value is -0.160. The van der Waals surface area contributed by atoms with E-state index in [1.165, 1.54) is 0 Å². The van der Waals surface area contributed by atoms with Gasteiger partial charge in [0.15, 0.2) is 5.79 Å². The molecule has 0 aromatic heterocycles. The minimum Gasteiger partial charge on any atom is -0.387 e. The lowest BCUT2D eigenvalue weighted by Crippen LogP contribution is -2.47. The van der Waals surface area contributed by atoms with Crippen molar-refractivity contribution in [2.45, 2.75) is 49.8 Å². The Bertz CT molecular complexity index is 307. The van der Waals surface area contributed by atoms with Gasteiger partial charge in [0, 0.05) is 6.42 Å². The van der Waals surface area contributed by atoms with Gasteiger partial charge >= 0.3 is 0 Å². The van der Waals surface area contributed by atoms with Gasteiger partial charge in [0.25, 0.3) is 0 Å². The minimum absolute atomic E-state index is 0.144. The van der Waals surface area contributed by atoms with Gasteiger partial charge in [-0.05, 0) is 31.1 Å². The van der Waals surface area contributed by atoms with Crippen LogP contribution in [0.1, 0.15) is 25.7 Å². The fourth-order valence-electron chi connectivity index (χ4n) is 3.83. The SMILES string of the molecule is OC1CC2COC1(OC1CC3COC1C3)C2. The number of rotatable bonds is 2. The zero-order chi connectivity index (χ0) is 10.8. The lowest BCUT2D eigenvalue weighted by Gasteiger charge is -2.36. The van der Waals surface area contributed by atoms with Crippen molar-refractivity contribution in [2.24, 2.45) is 11.8 Å². The molecule has 2 heterocycles. The lowest BCUT2D eigenvalue weighted by atomic mass is 10.1. The van der Waals surface area contributed by atoms with E-state index in [-0.39, 0.29) is 12.2 Å². The lowest BCUT2D eigenvalue weighted by molar-refractivity contribution is -0.292. The molecule has 6 unspecified atom stereocenters. The van der Waals surface area contributed by atoms with Crippen LogP contribution >= 0.6 is 0 Å². The topological polar surface area (TPSA) is 47.9 Å². The Morgan fingerprint density at radius 2 is 2.06 bits per heavy atom. The molecule has 2 aliphatic heterocycles. The largest absolute Gasteiger partial charge is 0.387 e. The molecule has 4 bridgehead atoms. The second-order valence-electron chi connectivity index (χ2n) is 5.81. The summed E-state index contributed by atoms with van der Waals surface area (Å²) in [7, 11) is 0. The summed E-state index contributed by atoms with van der Waals surface area (Å²) in [4.78, 5) is 0. The van der Waals surface area contributed by atoms with Gasteiger partial charge in [-0.15, -0.1) is 0 Å². The molecule has 0 aromatic rings. The van der Waals surface area contributed by atoms with Crippen LogP contribution in [0.25, 0.3) is 0 Å². The molecule has 0 aromatic carbocycles. The van der Waals surface area contributed by atoms with Crippen LogP contribution in [0.4, 0.5) is 0 Å². The van der Waals surface area contributed by atoms with Crippen LogP contribution < -0.4 is 0 Å². The Morgan fingerprint density at radius 1 is 1.12 bits per heavy atom. The van der Waals surface area contributed by atoms with E-state index in [1.54, 1.807) is 0 Å². The predicted octanol–water partition coefficient (Wildman–Crippen LogP) is 0.678. The van der Waals surface area contributed by atoms with Gasteiger partial charge < -0.3 is 19.3 Å². The van der Waals surface area contributed by atoms with Crippen molar-refractivity contribution >= 4 is 0 Å². The molecule has 2 aliphatic carbocycles. The van der Waals surface area contributed by atoms with Gasteiger partial charge in [0.05, 0.1) is 25.4 Å². The van der Waals surface area contributed by atoms with Crippen molar-refractivity contribution in [3.63, 3.8) is 0 Å². The average molecular weight is 226 g/mol. The summed E-state index contributed by atoms with van der Waals surface area (Å²) in [6.07, 6.45) is 3.85. The summed E-state index contributed by atoms with van der Waals surface area (Å²) in [5.74, 6) is 0.472. The van der Waals surface area contributed by atoms with Gasteiger partial charge in [-0.1, -0.05) is 0 Å². The minimum atomic E-state index is -0.691. The molecular formula is C12H18O4. The molecule has 4 aliphatic rings. The summed E-state index contributed by atoms with van der Waals surface area (Å²) >= 11 is 0. The third-order valence-corrected chi connectivity index (χ3v) is 4.64. The van der Waals surface area contributed by atoms with Crippen molar-refractivity contribution < 1.29 is 19.3 Å². The fourth-order valence-corrected chi connectivity index (χ4v) is 3.83. The summed E-state index contributed by atoms with van der Waals surface area (Å²) in [6.45, 7) is 1.64. The highest BCUT2D eigenvalue weighted by Gasteiger charge is 2.57. The van der Waals surface area contributed by atoms with Gasteiger partial charge in [0.1, 0.15) is 6.10 Å². The zero-order valence-corrected chi connectivity index (χ0v) is 9.30. The predicted molar refractivity (Wildman–Crippen MR) is 54.8 cm³/mol. The van der Waals surface area contributed by atoms with Gasteiger partial charge in [-0.2, -0.15) is 0 Å². The quantitative estimate of drug-likeness (QED) is 0.752. The normalized spacial score (nSPS) is 58.7. The molecule has 4 fully saturated rings. The second kappa shape index (κ2) is 3.19. The molecule has 4 nitrogen and oxygen atoms in total. The van der Waals surface area contributed by atoms with Crippen LogP contribution in [0.15, 0.2) is 0 Å².